The molecule has 3 aromatic rings. The van der Waals surface area contributed by atoms with E-state index in [4.69, 9.17) is 4.74 Å². The molecule has 5 heteroatoms. The number of carbonyl (C=O) groups excluding carboxylic acids is 1. The molecule has 0 atom stereocenters. The number of nitrogens with zero attached hydrogens (tertiary/aromatic N) is 1. The minimum atomic E-state index is -0.171. The number of ether oxygens (including phenoxy) is 1. The van der Waals surface area contributed by atoms with Crippen LogP contribution in [0.1, 0.15) is 39.3 Å². The van der Waals surface area contributed by atoms with E-state index in [0.717, 1.165) is 49.9 Å². The second-order valence-electron chi connectivity index (χ2n) is 7.43. The molecule has 2 aliphatic rings. The molecule has 1 spiro atoms. The summed E-state index contributed by atoms with van der Waals surface area (Å²) in [4.78, 5) is 19.6. The molecule has 4 nitrogen and oxygen atoms in total. The zero-order valence-corrected chi connectivity index (χ0v) is 15.7. The normalized spacial score (nSPS) is 19.0. The quantitative estimate of drug-likeness (QED) is 0.700. The Hall–Kier alpha value is -2.11. The van der Waals surface area contributed by atoms with Gasteiger partial charge in [-0.1, -0.05) is 11.6 Å². The predicted octanol–water partition coefficient (Wildman–Crippen LogP) is 4.24. The third kappa shape index (κ3) is 2.49. The summed E-state index contributed by atoms with van der Waals surface area (Å²) in [6, 6.07) is 10.4. The third-order valence-electron chi connectivity index (χ3n) is 5.78. The number of rotatable bonds is 1. The van der Waals surface area contributed by atoms with E-state index in [1.165, 1.54) is 16.0 Å². The van der Waals surface area contributed by atoms with Crippen molar-refractivity contribution in [2.45, 2.75) is 31.8 Å². The van der Waals surface area contributed by atoms with E-state index in [-0.39, 0.29) is 11.5 Å². The van der Waals surface area contributed by atoms with Gasteiger partial charge in [0.1, 0.15) is 11.3 Å². The van der Waals surface area contributed by atoms with Gasteiger partial charge in [-0.25, -0.2) is 0 Å². The minimum Gasteiger partial charge on any atom is -0.369 e. The number of H-pyrrole nitrogens is 1. The van der Waals surface area contributed by atoms with Gasteiger partial charge < -0.3 is 14.6 Å². The summed E-state index contributed by atoms with van der Waals surface area (Å²) in [5.74, 6) is 0.0934. The van der Waals surface area contributed by atoms with Crippen LogP contribution in [0.2, 0.25) is 0 Å². The first kappa shape index (κ1) is 16.1. The maximum Gasteiger partial charge on any atom is 0.270 e. The molecule has 1 amide bonds. The van der Waals surface area contributed by atoms with Crippen molar-refractivity contribution < 1.29 is 9.53 Å². The molecule has 0 bridgehead atoms. The number of aromatic amines is 1. The number of benzene rings is 1. The molecule has 0 aliphatic carbocycles. The van der Waals surface area contributed by atoms with Gasteiger partial charge in [-0.05, 0) is 61.4 Å². The van der Waals surface area contributed by atoms with Crippen LogP contribution in [-0.2, 0) is 16.8 Å². The molecule has 4 heterocycles. The lowest BCUT2D eigenvalue weighted by Gasteiger charge is -2.43. The van der Waals surface area contributed by atoms with Gasteiger partial charge >= 0.3 is 0 Å². The number of likely N-dealkylation sites (tertiary alicyclic amines) is 1. The molecule has 5 rings (SSSR count). The maximum atomic E-state index is 13.0. The van der Waals surface area contributed by atoms with Crippen LogP contribution in [0.25, 0.3) is 10.9 Å². The van der Waals surface area contributed by atoms with E-state index in [0.29, 0.717) is 5.69 Å². The lowest BCUT2D eigenvalue weighted by atomic mass is 9.85. The Morgan fingerprint density at radius 1 is 1.23 bits per heavy atom. The summed E-state index contributed by atoms with van der Waals surface area (Å²) in [6.07, 6.45) is 2.77. The van der Waals surface area contributed by atoms with Crippen molar-refractivity contribution in [1.29, 1.82) is 0 Å². The molecule has 2 aromatic heterocycles. The predicted molar refractivity (Wildman–Crippen MR) is 104 cm³/mol. The van der Waals surface area contributed by atoms with Crippen LogP contribution < -0.4 is 0 Å². The molecule has 1 aromatic carbocycles. The van der Waals surface area contributed by atoms with Crippen molar-refractivity contribution >= 4 is 28.1 Å². The molecular formula is C21H22N2O2S. The lowest BCUT2D eigenvalue weighted by molar-refractivity contribution is -0.0906. The highest BCUT2D eigenvalue weighted by Crippen LogP contribution is 2.44. The fourth-order valence-electron chi connectivity index (χ4n) is 4.33. The van der Waals surface area contributed by atoms with Gasteiger partial charge in [-0.2, -0.15) is 0 Å². The first-order chi connectivity index (χ1) is 12.6. The molecule has 134 valence electrons. The fourth-order valence-corrected chi connectivity index (χ4v) is 5.50. The molecule has 2 aliphatic heterocycles. The summed E-state index contributed by atoms with van der Waals surface area (Å²) >= 11 is 1.81. The highest BCUT2D eigenvalue weighted by Gasteiger charge is 2.42. The number of amides is 1. The number of nitrogens with one attached hydrogen (secondary N) is 1. The average molecular weight is 366 g/mol. The second-order valence-corrected chi connectivity index (χ2v) is 8.35. The minimum absolute atomic E-state index is 0.0934. The standard InChI is InChI=1S/C21H22N2O2S/c1-14-2-3-17-16(12-14)13-18(22-17)20(24)23-8-6-21(7-9-23)19-15(4-10-25-21)5-11-26-19/h2-3,5,11-13,22H,4,6-10H2,1H3. The molecule has 0 unspecified atom stereocenters. The van der Waals surface area contributed by atoms with Gasteiger partial charge in [0.2, 0.25) is 0 Å². The Morgan fingerprint density at radius 3 is 2.92 bits per heavy atom. The van der Waals surface area contributed by atoms with E-state index in [1.54, 1.807) is 11.3 Å². The summed E-state index contributed by atoms with van der Waals surface area (Å²) in [5, 5.41) is 3.27. The Bertz CT molecular complexity index is 979. The van der Waals surface area contributed by atoms with Crippen LogP contribution in [0.5, 0.6) is 0 Å². The molecule has 1 N–H and O–H groups in total. The van der Waals surface area contributed by atoms with Crippen molar-refractivity contribution in [1.82, 2.24) is 9.88 Å². The Labute approximate surface area is 156 Å². The number of piperidine rings is 1. The molecule has 1 saturated heterocycles. The monoisotopic (exact) mass is 366 g/mol. The zero-order chi connectivity index (χ0) is 17.7. The molecular weight excluding hydrogens is 344 g/mol. The van der Waals surface area contributed by atoms with Crippen LogP contribution >= 0.6 is 11.3 Å². The van der Waals surface area contributed by atoms with Gasteiger partial charge in [0.25, 0.3) is 5.91 Å². The first-order valence-electron chi connectivity index (χ1n) is 9.24. The van der Waals surface area contributed by atoms with Gasteiger partial charge in [0, 0.05) is 28.9 Å². The number of hydrogen-bond donors (Lipinski definition) is 1. The van der Waals surface area contributed by atoms with Gasteiger partial charge in [0.05, 0.1) is 6.61 Å². The molecule has 1 fully saturated rings. The first-order valence-corrected chi connectivity index (χ1v) is 10.1. The topological polar surface area (TPSA) is 45.3 Å². The summed E-state index contributed by atoms with van der Waals surface area (Å²) in [6.45, 7) is 4.34. The van der Waals surface area contributed by atoms with Gasteiger partial charge in [-0.15, -0.1) is 11.3 Å². The SMILES string of the molecule is Cc1ccc2[nH]c(C(=O)N3CCC4(CC3)OCCc3ccsc34)cc2c1. The summed E-state index contributed by atoms with van der Waals surface area (Å²) in [5.41, 5.74) is 4.17. The molecule has 0 saturated carbocycles. The van der Waals surface area contributed by atoms with Gasteiger partial charge in [-0.3, -0.25) is 4.79 Å². The van der Waals surface area contributed by atoms with Crippen LogP contribution in [0.15, 0.2) is 35.7 Å². The summed E-state index contributed by atoms with van der Waals surface area (Å²) in [7, 11) is 0. The van der Waals surface area contributed by atoms with Crippen molar-refractivity contribution in [3.05, 3.63) is 57.4 Å². The molecule has 26 heavy (non-hydrogen) atoms. The van der Waals surface area contributed by atoms with Crippen LogP contribution in [0.4, 0.5) is 0 Å². The summed E-state index contributed by atoms with van der Waals surface area (Å²) < 4.78 is 6.25. The van der Waals surface area contributed by atoms with E-state index < -0.39 is 0 Å². The number of aromatic nitrogens is 1. The van der Waals surface area contributed by atoms with E-state index in [1.807, 2.05) is 17.0 Å². The lowest BCUT2D eigenvalue weighted by Crippen LogP contribution is -2.47. The van der Waals surface area contributed by atoms with Crippen LogP contribution in [0, 0.1) is 6.92 Å². The molecule has 0 radical (unpaired) electrons. The number of carbonyl (C=O) groups is 1. The number of aryl methyl sites for hydroxylation is 1. The highest BCUT2D eigenvalue weighted by molar-refractivity contribution is 7.10. The van der Waals surface area contributed by atoms with Gasteiger partial charge in [0.15, 0.2) is 0 Å². The third-order valence-corrected chi connectivity index (χ3v) is 6.92. The van der Waals surface area contributed by atoms with Crippen LogP contribution in [0.3, 0.4) is 0 Å². The average Bonchev–Trinajstić information content (AvgIpc) is 3.29. The van der Waals surface area contributed by atoms with E-state index >= 15 is 0 Å². The maximum absolute atomic E-state index is 13.0. The second kappa shape index (κ2) is 5.96. The largest absolute Gasteiger partial charge is 0.369 e. The van der Waals surface area contributed by atoms with E-state index in [9.17, 15) is 4.79 Å². The number of thiophene rings is 1. The Kier molecular flexibility index (Phi) is 3.69. The Balaban J connectivity index is 1.36. The van der Waals surface area contributed by atoms with Crippen LogP contribution in [-0.4, -0.2) is 35.5 Å². The van der Waals surface area contributed by atoms with Crippen molar-refractivity contribution in [3.8, 4) is 0 Å². The smallest absolute Gasteiger partial charge is 0.270 e. The number of hydrogen-bond acceptors (Lipinski definition) is 3. The van der Waals surface area contributed by atoms with E-state index in [2.05, 4.69) is 35.5 Å². The van der Waals surface area contributed by atoms with Crippen molar-refractivity contribution in [2.24, 2.45) is 0 Å². The van der Waals surface area contributed by atoms with Crippen molar-refractivity contribution in [3.63, 3.8) is 0 Å². The fraction of sp³-hybridized carbons (Fsp3) is 0.381. The van der Waals surface area contributed by atoms with Crippen molar-refractivity contribution in [2.75, 3.05) is 19.7 Å². The zero-order valence-electron chi connectivity index (χ0n) is 14.9. The Morgan fingerprint density at radius 2 is 2.08 bits per heavy atom. The number of fused-ring (bicyclic) bond motifs is 3. The highest BCUT2D eigenvalue weighted by atomic mass is 32.1.